The third kappa shape index (κ3) is 3.18. The van der Waals surface area contributed by atoms with Gasteiger partial charge < -0.3 is 19.7 Å². The van der Waals surface area contributed by atoms with Crippen LogP contribution in [0.15, 0.2) is 42.5 Å². The van der Waals surface area contributed by atoms with Gasteiger partial charge in [-0.05, 0) is 90.5 Å². The van der Waals surface area contributed by atoms with E-state index in [1.54, 1.807) is 7.11 Å². The van der Waals surface area contributed by atoms with Crippen LogP contribution in [0.3, 0.4) is 0 Å². The fraction of sp³-hybridized carbons (Fsp3) is 0.571. The number of rotatable bonds is 5. The Hall–Kier alpha value is -2.04. The van der Waals surface area contributed by atoms with Crippen molar-refractivity contribution in [1.29, 1.82) is 0 Å². The largest absolute Gasteiger partial charge is 0.504 e. The van der Waals surface area contributed by atoms with Gasteiger partial charge in [0.15, 0.2) is 18.3 Å². The Labute approximate surface area is 191 Å². The van der Waals surface area contributed by atoms with Gasteiger partial charge in [-0.25, -0.2) is 0 Å². The van der Waals surface area contributed by atoms with Crippen LogP contribution in [0.2, 0.25) is 0 Å². The van der Waals surface area contributed by atoms with E-state index >= 15 is 0 Å². The lowest BCUT2D eigenvalue weighted by molar-refractivity contribution is -0.0890. The van der Waals surface area contributed by atoms with Crippen LogP contribution < -0.4 is 4.74 Å². The molecule has 0 radical (unpaired) electrons. The number of aryl methyl sites for hydroxylation is 1. The van der Waals surface area contributed by atoms with Gasteiger partial charge in [0.1, 0.15) is 0 Å². The van der Waals surface area contributed by atoms with Gasteiger partial charge in [-0.2, -0.15) is 0 Å². The molecule has 5 rings (SSSR count). The predicted molar refractivity (Wildman–Crippen MR) is 125 cm³/mol. The summed E-state index contributed by atoms with van der Waals surface area (Å²) in [4.78, 5) is 0. The topological polar surface area (TPSA) is 58.9 Å². The fourth-order valence-corrected chi connectivity index (χ4v) is 7.58. The molecule has 4 nitrogen and oxygen atoms in total. The van der Waals surface area contributed by atoms with E-state index in [1.165, 1.54) is 24.0 Å². The molecular weight excluding hydrogens is 400 g/mol. The molecule has 2 N–H and O–H groups in total. The van der Waals surface area contributed by atoms with Crippen LogP contribution in [0.1, 0.15) is 74.7 Å². The average Bonchev–Trinajstić information content (AvgIpc) is 3.09. The van der Waals surface area contributed by atoms with Crippen molar-refractivity contribution in [3.05, 3.63) is 59.2 Å². The first-order valence-corrected chi connectivity index (χ1v) is 12.1. The lowest BCUT2D eigenvalue weighted by Gasteiger charge is -2.55. The second-order valence-corrected chi connectivity index (χ2v) is 10.7. The van der Waals surface area contributed by atoms with Crippen LogP contribution in [-0.4, -0.2) is 24.1 Å². The summed E-state index contributed by atoms with van der Waals surface area (Å²) >= 11 is 0. The number of aliphatic hydroxyl groups excluding tert-OH is 1. The van der Waals surface area contributed by atoms with Crippen molar-refractivity contribution >= 4 is 0 Å². The molecule has 2 aromatic rings. The Morgan fingerprint density at radius 2 is 1.84 bits per heavy atom. The Balaban J connectivity index is 1.44. The molecule has 6 atom stereocenters. The Morgan fingerprint density at radius 3 is 2.59 bits per heavy atom. The SMILES string of the molecule is COCOc1cc2c(cc1O)[C@H]1CC[C@@]3(C)[C@@H](CC[C@]3(C)[C@H](O)c3ccccc3)[C@@H]1CC2. The normalized spacial score (nSPS) is 34.3. The molecule has 3 aliphatic carbocycles. The number of methoxy groups -OCH3 is 1. The van der Waals surface area contributed by atoms with Gasteiger partial charge in [-0.1, -0.05) is 44.2 Å². The number of aromatic hydroxyl groups is 1. The van der Waals surface area contributed by atoms with Crippen molar-refractivity contribution in [2.75, 3.05) is 13.9 Å². The summed E-state index contributed by atoms with van der Waals surface area (Å²) in [6.07, 6.45) is 6.22. The number of benzene rings is 2. The molecule has 32 heavy (non-hydrogen) atoms. The van der Waals surface area contributed by atoms with Gasteiger partial charge >= 0.3 is 0 Å². The van der Waals surface area contributed by atoms with Crippen LogP contribution in [0.5, 0.6) is 11.5 Å². The van der Waals surface area contributed by atoms with E-state index in [2.05, 4.69) is 26.0 Å². The minimum atomic E-state index is -0.435. The van der Waals surface area contributed by atoms with E-state index in [0.717, 1.165) is 31.2 Å². The van der Waals surface area contributed by atoms with Gasteiger partial charge in [0.05, 0.1) is 6.10 Å². The molecule has 0 saturated heterocycles. The molecule has 2 saturated carbocycles. The monoisotopic (exact) mass is 436 g/mol. The van der Waals surface area contributed by atoms with Crippen molar-refractivity contribution in [2.45, 2.75) is 64.4 Å². The van der Waals surface area contributed by atoms with E-state index in [0.29, 0.717) is 23.5 Å². The number of aliphatic hydroxyl groups is 1. The summed E-state index contributed by atoms with van der Waals surface area (Å²) in [5, 5.41) is 22.1. The van der Waals surface area contributed by atoms with Crippen molar-refractivity contribution in [3.8, 4) is 11.5 Å². The maximum absolute atomic E-state index is 11.5. The highest BCUT2D eigenvalue weighted by atomic mass is 16.7. The first-order valence-electron chi connectivity index (χ1n) is 12.1. The van der Waals surface area contributed by atoms with Crippen LogP contribution in [0.4, 0.5) is 0 Å². The van der Waals surface area contributed by atoms with Crippen LogP contribution in [-0.2, 0) is 11.2 Å². The molecule has 172 valence electrons. The minimum absolute atomic E-state index is 0.116. The van der Waals surface area contributed by atoms with Crippen molar-refractivity contribution in [3.63, 3.8) is 0 Å². The molecule has 3 aliphatic rings. The van der Waals surface area contributed by atoms with E-state index in [4.69, 9.17) is 9.47 Å². The molecule has 0 aliphatic heterocycles. The first kappa shape index (κ1) is 21.8. The smallest absolute Gasteiger partial charge is 0.188 e. The zero-order valence-corrected chi connectivity index (χ0v) is 19.5. The van der Waals surface area contributed by atoms with E-state index in [9.17, 15) is 10.2 Å². The molecule has 0 aromatic heterocycles. The first-order chi connectivity index (χ1) is 15.4. The second-order valence-electron chi connectivity index (χ2n) is 10.7. The summed E-state index contributed by atoms with van der Waals surface area (Å²) in [6, 6.07) is 14.2. The number of hydrogen-bond donors (Lipinski definition) is 2. The van der Waals surface area contributed by atoms with Gasteiger partial charge in [0.2, 0.25) is 0 Å². The number of ether oxygens (including phenoxy) is 2. The summed E-state index contributed by atoms with van der Waals surface area (Å²) in [5.41, 5.74) is 3.66. The zero-order valence-electron chi connectivity index (χ0n) is 19.5. The molecule has 0 heterocycles. The minimum Gasteiger partial charge on any atom is -0.504 e. The van der Waals surface area contributed by atoms with Gasteiger partial charge in [-0.3, -0.25) is 0 Å². The highest BCUT2D eigenvalue weighted by molar-refractivity contribution is 5.49. The van der Waals surface area contributed by atoms with Crippen LogP contribution >= 0.6 is 0 Å². The fourth-order valence-electron chi connectivity index (χ4n) is 7.58. The van der Waals surface area contributed by atoms with Crippen LogP contribution in [0.25, 0.3) is 0 Å². The average molecular weight is 437 g/mol. The third-order valence-corrected chi connectivity index (χ3v) is 9.52. The molecule has 0 unspecified atom stereocenters. The van der Waals surface area contributed by atoms with Crippen molar-refractivity contribution in [2.24, 2.45) is 22.7 Å². The lowest BCUT2D eigenvalue weighted by Crippen LogP contribution is -2.48. The third-order valence-electron chi connectivity index (χ3n) is 9.52. The molecule has 0 amide bonds. The van der Waals surface area contributed by atoms with E-state index < -0.39 is 6.10 Å². The summed E-state index contributed by atoms with van der Waals surface area (Å²) in [6.45, 7) is 4.91. The number of phenolic OH excluding ortho intramolecular Hbond substituents is 1. The molecule has 2 fully saturated rings. The highest BCUT2D eigenvalue weighted by Crippen LogP contribution is 2.70. The van der Waals surface area contributed by atoms with Gasteiger partial charge in [0.25, 0.3) is 0 Å². The van der Waals surface area contributed by atoms with Gasteiger partial charge in [0, 0.05) is 12.5 Å². The molecule has 2 aromatic carbocycles. The standard InChI is InChI=1S/C28H36O4/c1-27-13-11-20-21(10-9-19-15-25(32-17-31-3)24(29)16-22(19)20)23(27)12-14-28(27,2)26(30)18-7-5-4-6-8-18/h4-8,15-16,20-21,23,26,29-30H,9-14,17H2,1-3H3/t20-,21+,23-,26+,27-,28+/m0/s1. The van der Waals surface area contributed by atoms with Gasteiger partial charge in [-0.15, -0.1) is 0 Å². The number of hydrogen-bond acceptors (Lipinski definition) is 4. The summed E-state index contributed by atoms with van der Waals surface area (Å²) in [7, 11) is 1.59. The van der Waals surface area contributed by atoms with Crippen LogP contribution in [0, 0.1) is 22.7 Å². The Bertz CT molecular complexity index is 973. The maximum atomic E-state index is 11.5. The highest BCUT2D eigenvalue weighted by Gasteiger charge is 2.62. The Kier molecular flexibility index (Phi) is 5.50. The maximum Gasteiger partial charge on any atom is 0.188 e. The van der Waals surface area contributed by atoms with Crippen molar-refractivity contribution < 1.29 is 19.7 Å². The molecule has 0 bridgehead atoms. The predicted octanol–water partition coefficient (Wildman–Crippen LogP) is 5.97. The van der Waals surface area contributed by atoms with E-state index in [1.807, 2.05) is 30.3 Å². The Morgan fingerprint density at radius 1 is 1.06 bits per heavy atom. The summed E-state index contributed by atoms with van der Waals surface area (Å²) in [5.74, 6) is 2.42. The molecule has 4 heteroatoms. The number of fused-ring (bicyclic) bond motifs is 5. The zero-order chi connectivity index (χ0) is 22.5. The lowest BCUT2D eigenvalue weighted by atomic mass is 9.50. The molecular formula is C28H36O4. The number of phenols is 1. The second kappa shape index (κ2) is 8.07. The molecule has 0 spiro atoms. The summed E-state index contributed by atoms with van der Waals surface area (Å²) < 4.78 is 10.6. The quantitative estimate of drug-likeness (QED) is 0.567. The van der Waals surface area contributed by atoms with E-state index in [-0.39, 0.29) is 23.4 Å². The van der Waals surface area contributed by atoms with Crippen molar-refractivity contribution in [1.82, 2.24) is 0 Å².